The molecule has 34 heavy (non-hydrogen) atoms. The van der Waals surface area contributed by atoms with Crippen LogP contribution in [0.1, 0.15) is 55.3 Å². The van der Waals surface area contributed by atoms with Crippen molar-refractivity contribution in [3.8, 4) is 11.5 Å². The van der Waals surface area contributed by atoms with E-state index in [4.69, 9.17) is 9.47 Å². The molecule has 0 amide bonds. The molecular formula is C28H29FO5. The van der Waals surface area contributed by atoms with E-state index < -0.39 is 11.4 Å². The molecule has 1 N–H and O–H groups in total. The van der Waals surface area contributed by atoms with Gasteiger partial charge >= 0.3 is 5.97 Å². The molecule has 3 aromatic rings. The molecule has 1 aliphatic rings. The Morgan fingerprint density at radius 1 is 0.912 bits per heavy atom. The normalized spacial score (nSPS) is 14.7. The third-order valence-corrected chi connectivity index (χ3v) is 6.67. The van der Waals surface area contributed by atoms with E-state index in [-0.39, 0.29) is 31.2 Å². The highest BCUT2D eigenvalue weighted by molar-refractivity contribution is 6.04. The summed E-state index contributed by atoms with van der Waals surface area (Å²) in [5.74, 6) is -0.0742. The number of aliphatic carboxylic acids is 1. The summed E-state index contributed by atoms with van der Waals surface area (Å²) < 4.78 is 24.7. The van der Waals surface area contributed by atoms with Gasteiger partial charge in [0.2, 0.25) is 0 Å². The van der Waals surface area contributed by atoms with E-state index in [1.807, 2.05) is 30.3 Å². The second-order valence-electron chi connectivity index (χ2n) is 8.88. The number of benzene rings is 3. The zero-order chi connectivity index (χ0) is 24.0. The molecule has 1 aliphatic carbocycles. The molecule has 5 nitrogen and oxygen atoms in total. The van der Waals surface area contributed by atoms with Crippen molar-refractivity contribution in [2.24, 2.45) is 5.41 Å². The first-order valence-electron chi connectivity index (χ1n) is 11.8. The summed E-state index contributed by atoms with van der Waals surface area (Å²) in [4.78, 5) is 24.9. The van der Waals surface area contributed by atoms with Crippen LogP contribution in [0.5, 0.6) is 11.5 Å². The van der Waals surface area contributed by atoms with E-state index in [1.165, 1.54) is 12.1 Å². The Morgan fingerprint density at radius 3 is 2.35 bits per heavy atom. The minimum absolute atomic E-state index is 0.0567. The van der Waals surface area contributed by atoms with Gasteiger partial charge in [-0.25, -0.2) is 4.39 Å². The number of rotatable bonds is 11. The number of fused-ring (bicyclic) bond motifs is 1. The molecule has 178 valence electrons. The van der Waals surface area contributed by atoms with Gasteiger partial charge in [0.05, 0.1) is 11.0 Å². The number of Topliss-reactive ketones (excluding diaryl/α,β-unsaturated/α-hetero) is 1. The molecule has 0 heterocycles. The topological polar surface area (TPSA) is 72.8 Å². The van der Waals surface area contributed by atoms with Crippen molar-refractivity contribution in [1.29, 1.82) is 0 Å². The van der Waals surface area contributed by atoms with Crippen molar-refractivity contribution in [2.75, 3.05) is 13.2 Å². The summed E-state index contributed by atoms with van der Waals surface area (Å²) in [7, 11) is 0. The van der Waals surface area contributed by atoms with E-state index >= 15 is 0 Å². The molecule has 6 heteroatoms. The maximum Gasteiger partial charge on any atom is 0.309 e. The third-order valence-electron chi connectivity index (χ3n) is 6.67. The highest BCUT2D eigenvalue weighted by atomic mass is 19.1. The van der Waals surface area contributed by atoms with Gasteiger partial charge in [-0.05, 0) is 61.4 Å². The summed E-state index contributed by atoms with van der Waals surface area (Å²) in [5, 5.41) is 11.5. The van der Waals surface area contributed by atoms with Gasteiger partial charge < -0.3 is 14.6 Å². The first kappa shape index (κ1) is 23.7. The molecule has 0 bridgehead atoms. The van der Waals surface area contributed by atoms with Crippen LogP contribution >= 0.6 is 0 Å². The number of ether oxygens (including phenoxy) is 2. The van der Waals surface area contributed by atoms with Crippen LogP contribution in [0.2, 0.25) is 0 Å². The number of carboxylic acids is 1. The molecule has 4 rings (SSSR count). The van der Waals surface area contributed by atoms with Crippen LogP contribution in [0.3, 0.4) is 0 Å². The van der Waals surface area contributed by atoms with Crippen molar-refractivity contribution in [1.82, 2.24) is 0 Å². The molecule has 0 aromatic heterocycles. The van der Waals surface area contributed by atoms with Crippen molar-refractivity contribution in [2.45, 2.75) is 44.9 Å². The molecule has 0 aliphatic heterocycles. The average molecular weight is 465 g/mol. The van der Waals surface area contributed by atoms with Gasteiger partial charge in [0.15, 0.2) is 5.78 Å². The van der Waals surface area contributed by atoms with E-state index in [2.05, 4.69) is 0 Å². The van der Waals surface area contributed by atoms with Gasteiger partial charge in [-0.1, -0.05) is 43.2 Å². The minimum Gasteiger partial charge on any atom is -0.490 e. The number of hydrogen-bond donors (Lipinski definition) is 1. The zero-order valence-corrected chi connectivity index (χ0v) is 19.1. The summed E-state index contributed by atoms with van der Waals surface area (Å²) >= 11 is 0. The van der Waals surface area contributed by atoms with Gasteiger partial charge in [-0.15, -0.1) is 0 Å². The van der Waals surface area contributed by atoms with E-state index in [0.717, 1.165) is 23.6 Å². The Hall–Kier alpha value is -3.41. The fourth-order valence-corrected chi connectivity index (χ4v) is 4.80. The summed E-state index contributed by atoms with van der Waals surface area (Å²) in [6.45, 7) is 0.456. The lowest BCUT2D eigenvalue weighted by Crippen LogP contribution is -2.27. The Balaban J connectivity index is 1.43. The molecule has 1 fully saturated rings. The summed E-state index contributed by atoms with van der Waals surface area (Å²) in [6, 6.07) is 17.2. The van der Waals surface area contributed by atoms with E-state index in [1.54, 1.807) is 18.2 Å². The van der Waals surface area contributed by atoms with Gasteiger partial charge in [0.1, 0.15) is 30.5 Å². The Bertz CT molecular complexity index is 1150. The average Bonchev–Trinajstić information content (AvgIpc) is 3.33. The predicted octanol–water partition coefficient (Wildman–Crippen LogP) is 6.43. The van der Waals surface area contributed by atoms with Crippen LogP contribution in [-0.2, 0) is 4.79 Å². The van der Waals surface area contributed by atoms with Crippen molar-refractivity contribution < 1.29 is 28.6 Å². The van der Waals surface area contributed by atoms with Gasteiger partial charge in [-0.2, -0.15) is 0 Å². The molecule has 0 saturated heterocycles. The van der Waals surface area contributed by atoms with Crippen LogP contribution in [0.25, 0.3) is 10.8 Å². The lowest BCUT2D eigenvalue weighted by Gasteiger charge is -2.23. The number of halogens is 1. The maximum absolute atomic E-state index is 13.1. The summed E-state index contributed by atoms with van der Waals surface area (Å²) in [5.41, 5.74) is -0.183. The molecule has 0 radical (unpaired) electrons. The Morgan fingerprint density at radius 2 is 1.62 bits per heavy atom. The molecule has 1 saturated carbocycles. The highest BCUT2D eigenvalue weighted by Crippen LogP contribution is 2.42. The number of carbonyl (C=O) groups is 2. The zero-order valence-electron chi connectivity index (χ0n) is 19.1. The van der Waals surface area contributed by atoms with Crippen molar-refractivity contribution in [3.63, 3.8) is 0 Å². The van der Waals surface area contributed by atoms with Gasteiger partial charge in [0, 0.05) is 11.8 Å². The maximum atomic E-state index is 13.1. The molecule has 0 spiro atoms. The standard InChI is InChI=1S/C28H29FO5/c29-21-10-12-22(13-11-21)33-18-19-34-26-23-7-2-1-6-20(23)9-14-24(26)25(30)8-5-17-28(27(31)32)15-3-4-16-28/h1-2,6-7,9-14H,3-5,8,15-19H2,(H,31,32). The first-order valence-corrected chi connectivity index (χ1v) is 11.8. The molecule has 0 unspecified atom stereocenters. The van der Waals surface area contributed by atoms with Crippen LogP contribution < -0.4 is 9.47 Å². The first-order chi connectivity index (χ1) is 16.5. The monoisotopic (exact) mass is 464 g/mol. The molecule has 0 atom stereocenters. The number of carboxylic acid groups (broad SMARTS) is 1. The van der Waals surface area contributed by atoms with Crippen molar-refractivity contribution >= 4 is 22.5 Å². The van der Waals surface area contributed by atoms with Gasteiger partial charge in [0.25, 0.3) is 0 Å². The number of hydrogen-bond acceptors (Lipinski definition) is 4. The van der Waals surface area contributed by atoms with Crippen LogP contribution in [0.4, 0.5) is 4.39 Å². The molecular weight excluding hydrogens is 435 g/mol. The second kappa shape index (κ2) is 10.7. The van der Waals surface area contributed by atoms with Crippen molar-refractivity contribution in [3.05, 3.63) is 72.0 Å². The van der Waals surface area contributed by atoms with Crippen LogP contribution in [-0.4, -0.2) is 30.1 Å². The van der Waals surface area contributed by atoms with E-state index in [9.17, 15) is 19.1 Å². The quantitative estimate of drug-likeness (QED) is 0.261. The SMILES string of the molecule is O=C(CCCC1(C(=O)O)CCCC1)c1ccc2ccccc2c1OCCOc1ccc(F)cc1. The van der Waals surface area contributed by atoms with Crippen LogP contribution in [0.15, 0.2) is 60.7 Å². The second-order valence-corrected chi connectivity index (χ2v) is 8.88. The Labute approximate surface area is 198 Å². The fourth-order valence-electron chi connectivity index (χ4n) is 4.80. The largest absolute Gasteiger partial charge is 0.490 e. The number of ketones is 1. The van der Waals surface area contributed by atoms with Crippen LogP contribution in [0, 0.1) is 11.2 Å². The summed E-state index contributed by atoms with van der Waals surface area (Å²) in [6.07, 6.45) is 4.57. The third kappa shape index (κ3) is 5.38. The lowest BCUT2D eigenvalue weighted by atomic mass is 9.81. The number of carbonyl (C=O) groups excluding carboxylic acids is 1. The minimum atomic E-state index is -0.742. The Kier molecular flexibility index (Phi) is 7.46. The van der Waals surface area contributed by atoms with E-state index in [0.29, 0.717) is 42.7 Å². The predicted molar refractivity (Wildman–Crippen MR) is 128 cm³/mol. The highest BCUT2D eigenvalue weighted by Gasteiger charge is 2.40. The molecule has 3 aromatic carbocycles. The lowest BCUT2D eigenvalue weighted by molar-refractivity contribution is -0.149. The fraction of sp³-hybridized carbons (Fsp3) is 0.357. The smallest absolute Gasteiger partial charge is 0.309 e. The van der Waals surface area contributed by atoms with Gasteiger partial charge in [-0.3, -0.25) is 9.59 Å².